The van der Waals surface area contributed by atoms with E-state index in [-0.39, 0.29) is 17.9 Å². The van der Waals surface area contributed by atoms with Gasteiger partial charge in [0.25, 0.3) is 6.43 Å². The molecule has 0 bridgehead atoms. The van der Waals surface area contributed by atoms with Gasteiger partial charge >= 0.3 is 0 Å². The Bertz CT molecular complexity index is 387. The molecule has 3 nitrogen and oxygen atoms in total. The fourth-order valence-electron chi connectivity index (χ4n) is 0.936. The second-order valence-electron chi connectivity index (χ2n) is 2.54. The molecule has 0 aliphatic rings. The average Bonchev–Trinajstić information content (AvgIpc) is 2.10. The van der Waals surface area contributed by atoms with E-state index < -0.39 is 6.43 Å². The van der Waals surface area contributed by atoms with Gasteiger partial charge in [-0.25, -0.2) is 13.8 Å². The maximum atomic E-state index is 12.3. The van der Waals surface area contributed by atoms with E-state index >= 15 is 0 Å². The number of nitrogens with two attached hydrogens (primary N) is 1. The van der Waals surface area contributed by atoms with Crippen LogP contribution in [0.3, 0.4) is 0 Å². The molecule has 0 saturated heterocycles. The quantitative estimate of drug-likeness (QED) is 0.853. The highest BCUT2D eigenvalue weighted by atomic mass is 127. The summed E-state index contributed by atoms with van der Waals surface area (Å²) in [5, 5.41) is 8.43. The molecule has 14 heavy (non-hydrogen) atoms. The zero-order chi connectivity index (χ0) is 10.7. The minimum absolute atomic E-state index is 0.00210. The van der Waals surface area contributed by atoms with Gasteiger partial charge in [0.15, 0.2) is 0 Å². The summed E-state index contributed by atoms with van der Waals surface area (Å²) >= 11 is 1.75. The molecule has 1 aromatic rings. The van der Waals surface area contributed by atoms with Crippen molar-refractivity contribution in [3.05, 3.63) is 20.9 Å². The highest BCUT2D eigenvalue weighted by Gasteiger charge is 2.15. The topological polar surface area (TPSA) is 62.7 Å². The minimum Gasteiger partial charge on any atom is -0.383 e. The van der Waals surface area contributed by atoms with Gasteiger partial charge < -0.3 is 5.73 Å². The Morgan fingerprint density at radius 3 is 2.79 bits per heavy atom. The third kappa shape index (κ3) is 2.29. The summed E-state index contributed by atoms with van der Waals surface area (Å²) in [7, 11) is 0. The van der Waals surface area contributed by atoms with Gasteiger partial charge in [0.2, 0.25) is 0 Å². The first-order valence-electron chi connectivity index (χ1n) is 3.66. The van der Waals surface area contributed by atoms with Crippen molar-refractivity contribution in [2.45, 2.75) is 12.8 Å². The van der Waals surface area contributed by atoms with Crippen molar-refractivity contribution < 1.29 is 8.78 Å². The molecule has 0 unspecified atom stereocenters. The number of nitrogen functional groups attached to an aromatic ring is 1. The first-order valence-corrected chi connectivity index (χ1v) is 4.74. The molecule has 2 N–H and O–H groups in total. The van der Waals surface area contributed by atoms with Crippen molar-refractivity contribution in [2.75, 3.05) is 5.73 Å². The van der Waals surface area contributed by atoms with Crippen LogP contribution >= 0.6 is 22.6 Å². The number of aromatic nitrogens is 1. The summed E-state index contributed by atoms with van der Waals surface area (Å²) in [6, 6.07) is 3.36. The van der Waals surface area contributed by atoms with Crippen molar-refractivity contribution in [3.63, 3.8) is 0 Å². The van der Waals surface area contributed by atoms with Crippen molar-refractivity contribution in [3.8, 4) is 6.07 Å². The number of nitriles is 1. The molecule has 0 spiro atoms. The van der Waals surface area contributed by atoms with Gasteiger partial charge in [-0.3, -0.25) is 0 Å². The van der Waals surface area contributed by atoms with Crippen LogP contribution in [0.2, 0.25) is 0 Å². The predicted octanol–water partition coefficient (Wildman–Crippen LogP) is 2.27. The Hall–Kier alpha value is -0.970. The average molecular weight is 309 g/mol. The third-order valence-corrected chi connectivity index (χ3v) is 2.46. The van der Waals surface area contributed by atoms with Crippen LogP contribution in [0.5, 0.6) is 0 Å². The van der Waals surface area contributed by atoms with E-state index in [1.807, 2.05) is 6.07 Å². The number of alkyl halides is 2. The van der Waals surface area contributed by atoms with Crippen LogP contribution in [-0.2, 0) is 6.42 Å². The molecule has 0 radical (unpaired) electrons. The van der Waals surface area contributed by atoms with Gasteiger partial charge in [0, 0.05) is 9.13 Å². The molecule has 0 aromatic carbocycles. The van der Waals surface area contributed by atoms with E-state index in [0.717, 1.165) is 0 Å². The summed E-state index contributed by atoms with van der Waals surface area (Å²) in [5.41, 5.74) is 5.57. The maximum absolute atomic E-state index is 12.3. The standard InChI is InChI=1S/C8H6F2IN3/c9-7(10)6-5(11)3-4(1-2-12)8(13)14-6/h3,7H,1H2,(H2,13,14). The Labute approximate surface area is 93.1 Å². The minimum atomic E-state index is -2.64. The maximum Gasteiger partial charge on any atom is 0.281 e. The molecule has 0 aliphatic carbocycles. The fourth-order valence-corrected chi connectivity index (χ4v) is 1.67. The third-order valence-electron chi connectivity index (χ3n) is 1.59. The number of hydrogen-bond donors (Lipinski definition) is 1. The number of rotatable bonds is 2. The first kappa shape index (κ1) is 11.1. The monoisotopic (exact) mass is 309 g/mol. The summed E-state index contributed by atoms with van der Waals surface area (Å²) in [6.45, 7) is 0. The molecule has 0 atom stereocenters. The predicted molar refractivity (Wildman–Crippen MR) is 55.6 cm³/mol. The highest BCUT2D eigenvalue weighted by molar-refractivity contribution is 14.1. The molecule has 6 heteroatoms. The van der Waals surface area contributed by atoms with Crippen LogP contribution in [0.25, 0.3) is 0 Å². The van der Waals surface area contributed by atoms with Crippen LogP contribution in [0.4, 0.5) is 14.6 Å². The molecule has 0 amide bonds. The Morgan fingerprint density at radius 1 is 1.64 bits per heavy atom. The lowest BCUT2D eigenvalue weighted by atomic mass is 10.2. The number of nitrogens with zero attached hydrogens (tertiary/aromatic N) is 2. The van der Waals surface area contributed by atoms with Gasteiger partial charge in [-0.15, -0.1) is 0 Å². The van der Waals surface area contributed by atoms with Crippen molar-refractivity contribution in [1.82, 2.24) is 4.98 Å². The number of pyridine rings is 1. The highest BCUT2D eigenvalue weighted by Crippen LogP contribution is 2.25. The molecule has 1 rings (SSSR count). The lowest BCUT2D eigenvalue weighted by Gasteiger charge is -2.06. The smallest absolute Gasteiger partial charge is 0.281 e. The van der Waals surface area contributed by atoms with E-state index in [0.29, 0.717) is 9.13 Å². The van der Waals surface area contributed by atoms with Crippen molar-refractivity contribution in [2.24, 2.45) is 0 Å². The zero-order valence-corrected chi connectivity index (χ0v) is 9.12. The lowest BCUT2D eigenvalue weighted by Crippen LogP contribution is -2.03. The van der Waals surface area contributed by atoms with E-state index in [4.69, 9.17) is 11.0 Å². The van der Waals surface area contributed by atoms with Gasteiger partial charge in [0.05, 0.1) is 12.5 Å². The molecule has 1 aromatic heterocycles. The van der Waals surface area contributed by atoms with Gasteiger partial charge in [0.1, 0.15) is 11.5 Å². The van der Waals surface area contributed by atoms with Gasteiger partial charge in [-0.2, -0.15) is 5.26 Å². The van der Waals surface area contributed by atoms with Gasteiger partial charge in [-0.05, 0) is 28.7 Å². The van der Waals surface area contributed by atoms with Crippen LogP contribution < -0.4 is 5.73 Å². The fraction of sp³-hybridized carbons (Fsp3) is 0.250. The number of anilines is 1. The van der Waals surface area contributed by atoms with Crippen molar-refractivity contribution in [1.29, 1.82) is 5.26 Å². The molecule has 0 aliphatic heterocycles. The van der Waals surface area contributed by atoms with Crippen LogP contribution in [-0.4, -0.2) is 4.98 Å². The first-order chi connectivity index (χ1) is 6.56. The normalized spacial score (nSPS) is 10.2. The molecule has 0 fully saturated rings. The largest absolute Gasteiger partial charge is 0.383 e. The summed E-state index contributed by atoms with van der Waals surface area (Å²) in [5.74, 6) is 0.00210. The molecule has 0 saturated carbocycles. The molecule has 74 valence electrons. The summed E-state index contributed by atoms with van der Waals surface area (Å²) in [6.07, 6.45) is -2.56. The number of hydrogen-bond acceptors (Lipinski definition) is 3. The Balaban J connectivity index is 3.18. The molecule has 1 heterocycles. The molecular weight excluding hydrogens is 303 g/mol. The second-order valence-corrected chi connectivity index (χ2v) is 3.70. The Morgan fingerprint density at radius 2 is 2.29 bits per heavy atom. The van der Waals surface area contributed by atoms with E-state index in [1.54, 1.807) is 22.6 Å². The van der Waals surface area contributed by atoms with E-state index in [9.17, 15) is 8.78 Å². The van der Waals surface area contributed by atoms with Crippen LogP contribution in [0.1, 0.15) is 17.7 Å². The summed E-state index contributed by atoms with van der Waals surface area (Å²) < 4.78 is 25.0. The van der Waals surface area contributed by atoms with Crippen LogP contribution in [0.15, 0.2) is 6.07 Å². The second kappa shape index (κ2) is 4.50. The van der Waals surface area contributed by atoms with E-state index in [1.165, 1.54) is 6.07 Å². The van der Waals surface area contributed by atoms with Crippen LogP contribution in [0, 0.1) is 14.9 Å². The molecular formula is C8H6F2IN3. The SMILES string of the molecule is N#CCc1cc(I)c(C(F)F)nc1N. The Kier molecular flexibility index (Phi) is 3.57. The zero-order valence-electron chi connectivity index (χ0n) is 6.97. The number of halogens is 3. The summed E-state index contributed by atoms with van der Waals surface area (Å²) in [4.78, 5) is 3.56. The van der Waals surface area contributed by atoms with E-state index in [2.05, 4.69) is 4.98 Å². The lowest BCUT2D eigenvalue weighted by molar-refractivity contribution is 0.145. The van der Waals surface area contributed by atoms with Gasteiger partial charge in [-0.1, -0.05) is 0 Å². The van der Waals surface area contributed by atoms with Crippen molar-refractivity contribution >= 4 is 28.4 Å².